The van der Waals surface area contributed by atoms with Crippen molar-refractivity contribution in [1.29, 1.82) is 0 Å². The van der Waals surface area contributed by atoms with Crippen molar-refractivity contribution in [3.8, 4) is 0 Å². The minimum Gasteiger partial charge on any atom is -0.788 e. The summed E-state index contributed by atoms with van der Waals surface area (Å²) in [6.45, 7) is 0. The van der Waals surface area contributed by atoms with E-state index in [1.54, 1.807) is 5.21 Å². The van der Waals surface area contributed by atoms with Gasteiger partial charge in [0.05, 0.1) is 0 Å². The van der Waals surface area contributed by atoms with Gasteiger partial charge in [-0.05, 0) is 5.21 Å². The summed E-state index contributed by atoms with van der Waals surface area (Å²) >= 11 is 0. The van der Waals surface area contributed by atoms with Gasteiger partial charge < -0.3 is 5.21 Å². The molecule has 0 aliphatic heterocycles. The molecule has 10 heavy (non-hydrogen) atoms. The second-order valence-electron chi connectivity index (χ2n) is 1.23. The number of hydrogen-bond donors (Lipinski definition) is 1. The first-order chi connectivity index (χ1) is 4.70. The minimum atomic E-state index is -1.04. The fraction of sp³-hybridized carbons (Fsp3) is 0. The zero-order valence-electron chi connectivity index (χ0n) is 4.46. The Hall–Kier alpha value is -1.93. The van der Waals surface area contributed by atoms with Gasteiger partial charge in [0.25, 0.3) is 0 Å². The second-order valence-corrected chi connectivity index (χ2v) is 1.23. The largest absolute Gasteiger partial charge is 0.788 e. The van der Waals surface area contributed by atoms with Gasteiger partial charge in [0.1, 0.15) is 5.10 Å². The Morgan fingerprint density at radius 2 is 2.50 bits per heavy atom. The first kappa shape index (κ1) is 6.19. The molecule has 0 unspecified atom stereocenters. The fourth-order valence-electron chi connectivity index (χ4n) is 0.327. The summed E-state index contributed by atoms with van der Waals surface area (Å²) in [5.74, 6) is 0. The predicted octanol–water partition coefficient (Wildman–Crippen LogP) is -1.96. The van der Waals surface area contributed by atoms with Gasteiger partial charge in [0.15, 0.2) is 5.03 Å². The summed E-state index contributed by atoms with van der Waals surface area (Å²) in [7, 11) is 0. The van der Waals surface area contributed by atoms with Crippen LogP contribution >= 0.6 is 0 Å². The standard InChI is InChI=1S/CHN6O3/c8-6-1(2-4-5-6)3-7(9)10/h(H,2,3,5)/q-1. The number of nitro groups is 1. The maximum Gasteiger partial charge on any atom is 0.333 e. The number of tetrazole rings is 1. The van der Waals surface area contributed by atoms with Crippen LogP contribution in [-0.4, -0.2) is 25.4 Å². The third-order valence-electron chi connectivity index (χ3n) is 0.628. The summed E-state index contributed by atoms with van der Waals surface area (Å²) < 4.78 is 0. The number of aromatic nitrogens is 4. The van der Waals surface area contributed by atoms with Gasteiger partial charge >= 0.3 is 5.62 Å². The van der Waals surface area contributed by atoms with E-state index in [0.29, 0.717) is 0 Å². The molecule has 0 radical (unpaired) electrons. The van der Waals surface area contributed by atoms with E-state index in [4.69, 9.17) is 0 Å². The summed E-state index contributed by atoms with van der Waals surface area (Å²) in [6.07, 6.45) is 0. The zero-order chi connectivity index (χ0) is 7.56. The highest BCUT2D eigenvalue weighted by atomic mass is 16.7. The van der Waals surface area contributed by atoms with Gasteiger partial charge in [-0.3, -0.25) is 4.85 Å². The van der Waals surface area contributed by atoms with Crippen molar-refractivity contribution in [3.63, 3.8) is 0 Å². The van der Waals surface area contributed by atoms with Gasteiger partial charge in [-0.15, -0.1) is 0 Å². The van der Waals surface area contributed by atoms with E-state index in [2.05, 4.69) is 15.4 Å². The van der Waals surface area contributed by atoms with Crippen molar-refractivity contribution >= 4 is 0 Å². The molecule has 9 nitrogen and oxygen atoms in total. The van der Waals surface area contributed by atoms with Gasteiger partial charge in [0.2, 0.25) is 0 Å². The molecule has 1 aromatic rings. The molecule has 1 rings (SSSR count). The van der Waals surface area contributed by atoms with Crippen molar-refractivity contribution in [2.75, 3.05) is 0 Å². The number of aromatic amines is 1. The Morgan fingerprint density at radius 3 is 2.90 bits per heavy atom. The third kappa shape index (κ3) is 1.07. The van der Waals surface area contributed by atoms with Crippen LogP contribution in [0.15, 0.2) is 5.10 Å². The molecular weight excluding hydrogens is 144 g/mol. The number of hydrogen-bond acceptors (Lipinski definition) is 5. The Kier molecular flexibility index (Phi) is 1.32. The van der Waals surface area contributed by atoms with Gasteiger partial charge in [-0.25, -0.2) is 15.3 Å². The number of nitrogens with zero attached hydrogens (tertiary/aromatic N) is 5. The van der Waals surface area contributed by atoms with Gasteiger partial charge in [0, 0.05) is 0 Å². The first-order valence-corrected chi connectivity index (χ1v) is 2.07. The molecule has 0 atom stereocenters. The average Bonchev–Trinajstić information content (AvgIpc) is 2.15. The van der Waals surface area contributed by atoms with E-state index < -0.39 is 10.7 Å². The first-order valence-electron chi connectivity index (χ1n) is 2.07. The van der Waals surface area contributed by atoms with Crippen molar-refractivity contribution in [2.24, 2.45) is 5.10 Å². The molecule has 0 saturated heterocycles. The van der Waals surface area contributed by atoms with Gasteiger partial charge in [-0.2, -0.15) is 0 Å². The van der Waals surface area contributed by atoms with Crippen LogP contribution in [0.2, 0.25) is 0 Å². The topological polar surface area (TPSA) is 125 Å². The second kappa shape index (κ2) is 2.13. The Balaban J connectivity index is 3.15. The van der Waals surface area contributed by atoms with E-state index >= 15 is 0 Å². The lowest BCUT2D eigenvalue weighted by atomic mass is 11.3. The lowest BCUT2D eigenvalue weighted by molar-refractivity contribution is -0.491. The molecule has 0 fully saturated rings. The van der Waals surface area contributed by atoms with Crippen LogP contribution in [0, 0.1) is 15.3 Å². The molecule has 1 heterocycles. The Bertz CT molecular complexity index is 294. The van der Waals surface area contributed by atoms with Crippen molar-refractivity contribution in [3.05, 3.63) is 20.9 Å². The van der Waals surface area contributed by atoms with E-state index in [1.165, 1.54) is 0 Å². The highest BCUT2D eigenvalue weighted by Gasteiger charge is 1.92. The average molecular weight is 145 g/mol. The molecule has 0 saturated carbocycles. The van der Waals surface area contributed by atoms with Crippen LogP contribution in [0.3, 0.4) is 0 Å². The number of rotatable bonds is 1. The molecule has 0 amide bonds. The normalized spacial score (nSPS) is 11.8. The highest BCUT2D eigenvalue weighted by Crippen LogP contribution is 1.63. The Morgan fingerprint density at radius 1 is 1.80 bits per heavy atom. The third-order valence-corrected chi connectivity index (χ3v) is 0.628. The summed E-state index contributed by atoms with van der Waals surface area (Å²) in [6, 6.07) is 0. The highest BCUT2D eigenvalue weighted by molar-refractivity contribution is 4.49. The maximum absolute atomic E-state index is 10.3. The van der Waals surface area contributed by atoms with E-state index in [0.717, 1.165) is 0 Å². The lowest BCUT2D eigenvalue weighted by Gasteiger charge is -1.96. The van der Waals surface area contributed by atoms with Crippen LogP contribution in [0.25, 0.3) is 0 Å². The van der Waals surface area contributed by atoms with Crippen LogP contribution in [0.4, 0.5) is 0 Å². The van der Waals surface area contributed by atoms with E-state index in [9.17, 15) is 15.3 Å². The molecule has 54 valence electrons. The molecule has 0 aliphatic carbocycles. The predicted molar refractivity (Wildman–Crippen MR) is 25.7 cm³/mol. The SMILES string of the molecule is O=[N+]([O-])/N=c1\nn[nH]n1[O-]. The monoisotopic (exact) mass is 145 g/mol. The van der Waals surface area contributed by atoms with E-state index in [1.807, 2.05) is 0 Å². The molecular formula is CHN6O3-. The number of nitrogens with one attached hydrogen (secondary N) is 1. The smallest absolute Gasteiger partial charge is 0.333 e. The minimum absolute atomic E-state index is 0.0250. The summed E-state index contributed by atoms with van der Waals surface area (Å²) in [5.41, 5.74) is -0.620. The quantitative estimate of drug-likeness (QED) is 0.363. The van der Waals surface area contributed by atoms with Crippen molar-refractivity contribution < 1.29 is 5.03 Å². The Labute approximate surface area is 52.7 Å². The molecule has 0 aliphatic rings. The zero-order valence-corrected chi connectivity index (χ0v) is 4.46. The molecule has 1 N–H and O–H groups in total. The molecule has 1 aromatic heterocycles. The molecule has 0 aromatic carbocycles. The van der Waals surface area contributed by atoms with Crippen LogP contribution in [0.1, 0.15) is 0 Å². The van der Waals surface area contributed by atoms with Crippen molar-refractivity contribution in [2.45, 2.75) is 0 Å². The van der Waals surface area contributed by atoms with Crippen LogP contribution in [0.5, 0.6) is 0 Å². The molecule has 0 bridgehead atoms. The van der Waals surface area contributed by atoms with E-state index in [-0.39, 0.29) is 4.85 Å². The van der Waals surface area contributed by atoms with Crippen LogP contribution < -0.4 is 5.62 Å². The van der Waals surface area contributed by atoms with Gasteiger partial charge in [-0.1, -0.05) is 5.10 Å². The lowest BCUT2D eigenvalue weighted by Crippen LogP contribution is -2.17. The van der Waals surface area contributed by atoms with Crippen molar-refractivity contribution in [1.82, 2.24) is 20.4 Å². The maximum atomic E-state index is 10.3. The summed E-state index contributed by atoms with van der Waals surface area (Å²) in [5, 5.41) is 29.2. The number of H-pyrrole nitrogens is 1. The summed E-state index contributed by atoms with van der Waals surface area (Å²) in [4.78, 5) is 9.60. The fourth-order valence-corrected chi connectivity index (χ4v) is 0.327. The van der Waals surface area contributed by atoms with Crippen LogP contribution in [-0.2, 0) is 0 Å². The molecule has 0 spiro atoms. The molecule has 9 heteroatoms.